The number of rotatable bonds is 4. The van der Waals surface area contributed by atoms with Crippen molar-refractivity contribution in [1.82, 2.24) is 4.98 Å². The molecule has 0 saturated carbocycles. The summed E-state index contributed by atoms with van der Waals surface area (Å²) in [7, 11) is 3.29. The third-order valence-electron chi connectivity index (χ3n) is 3.02. The number of hydrogen-bond acceptors (Lipinski definition) is 4. The molecule has 0 fully saturated rings. The van der Waals surface area contributed by atoms with Gasteiger partial charge in [-0.05, 0) is 37.8 Å². The van der Waals surface area contributed by atoms with E-state index in [9.17, 15) is 0 Å². The van der Waals surface area contributed by atoms with Crippen LogP contribution in [0.4, 0.5) is 0 Å². The van der Waals surface area contributed by atoms with Gasteiger partial charge in [0.1, 0.15) is 0 Å². The number of ether oxygens (including phenoxy) is 2. The third-order valence-corrected chi connectivity index (χ3v) is 3.02. The van der Waals surface area contributed by atoms with Gasteiger partial charge >= 0.3 is 0 Å². The van der Waals surface area contributed by atoms with Crippen molar-refractivity contribution in [2.24, 2.45) is 5.73 Å². The van der Waals surface area contributed by atoms with Crippen molar-refractivity contribution in [1.29, 1.82) is 0 Å². The van der Waals surface area contributed by atoms with Crippen molar-refractivity contribution in [3.05, 3.63) is 30.1 Å². The molecular formula is C15H20N2O2. The number of hydrogen-bond donors (Lipinski definition) is 1. The Kier molecular flexibility index (Phi) is 3.62. The average molecular weight is 260 g/mol. The maximum Gasteiger partial charge on any atom is 0.164 e. The van der Waals surface area contributed by atoms with E-state index in [1.165, 1.54) is 0 Å². The first kappa shape index (κ1) is 13.6. The Morgan fingerprint density at radius 3 is 2.58 bits per heavy atom. The zero-order valence-corrected chi connectivity index (χ0v) is 11.9. The fourth-order valence-electron chi connectivity index (χ4n) is 2.28. The summed E-state index contributed by atoms with van der Waals surface area (Å²) in [5.41, 5.74) is 6.90. The Morgan fingerprint density at radius 1 is 1.26 bits per heavy atom. The second-order valence-electron chi connectivity index (χ2n) is 5.35. The third kappa shape index (κ3) is 2.79. The SMILES string of the molecule is COc1cc2cnccc2c(CC(C)(C)N)c1OC. The van der Waals surface area contributed by atoms with Crippen molar-refractivity contribution in [3.8, 4) is 11.5 Å². The van der Waals surface area contributed by atoms with Crippen LogP contribution in [0.2, 0.25) is 0 Å². The quantitative estimate of drug-likeness (QED) is 0.917. The summed E-state index contributed by atoms with van der Waals surface area (Å²) in [5.74, 6) is 1.46. The van der Waals surface area contributed by atoms with Gasteiger partial charge in [0.2, 0.25) is 0 Å². The Morgan fingerprint density at radius 2 is 2.00 bits per heavy atom. The molecule has 0 radical (unpaired) electrons. The lowest BCUT2D eigenvalue weighted by atomic mass is 9.92. The standard InChI is InChI=1S/C15H20N2O2/c1-15(2,16)8-12-11-5-6-17-9-10(11)7-13(18-3)14(12)19-4/h5-7,9H,8,16H2,1-4H3. The van der Waals surface area contributed by atoms with E-state index >= 15 is 0 Å². The maximum absolute atomic E-state index is 6.16. The highest BCUT2D eigenvalue weighted by Gasteiger charge is 2.20. The number of pyridine rings is 1. The van der Waals surface area contributed by atoms with E-state index in [4.69, 9.17) is 15.2 Å². The average Bonchev–Trinajstić information content (AvgIpc) is 2.36. The van der Waals surface area contributed by atoms with E-state index < -0.39 is 0 Å². The Bertz CT molecular complexity index is 588. The van der Waals surface area contributed by atoms with Gasteiger partial charge in [0.25, 0.3) is 0 Å². The van der Waals surface area contributed by atoms with Crippen LogP contribution >= 0.6 is 0 Å². The van der Waals surface area contributed by atoms with E-state index in [2.05, 4.69) is 4.98 Å². The highest BCUT2D eigenvalue weighted by molar-refractivity contribution is 5.89. The summed E-state index contributed by atoms with van der Waals surface area (Å²) in [6.07, 6.45) is 4.31. The summed E-state index contributed by atoms with van der Waals surface area (Å²) < 4.78 is 10.9. The van der Waals surface area contributed by atoms with Crippen molar-refractivity contribution in [3.63, 3.8) is 0 Å². The normalized spacial score (nSPS) is 11.6. The molecule has 0 saturated heterocycles. The molecule has 2 rings (SSSR count). The van der Waals surface area contributed by atoms with Crippen LogP contribution in [0.3, 0.4) is 0 Å². The molecule has 0 atom stereocenters. The molecule has 0 spiro atoms. The zero-order valence-electron chi connectivity index (χ0n) is 11.9. The van der Waals surface area contributed by atoms with Crippen LogP contribution in [0.1, 0.15) is 19.4 Å². The first-order valence-electron chi connectivity index (χ1n) is 6.22. The van der Waals surface area contributed by atoms with Gasteiger partial charge in [-0.25, -0.2) is 0 Å². The van der Waals surface area contributed by atoms with Crippen LogP contribution in [0.25, 0.3) is 10.8 Å². The van der Waals surface area contributed by atoms with Crippen LogP contribution in [0.5, 0.6) is 11.5 Å². The molecule has 0 aliphatic carbocycles. The molecule has 0 amide bonds. The van der Waals surface area contributed by atoms with Gasteiger partial charge in [-0.15, -0.1) is 0 Å². The lowest BCUT2D eigenvalue weighted by molar-refractivity contribution is 0.350. The van der Waals surface area contributed by atoms with Gasteiger partial charge < -0.3 is 15.2 Å². The molecular weight excluding hydrogens is 240 g/mol. The first-order valence-corrected chi connectivity index (χ1v) is 6.22. The molecule has 2 N–H and O–H groups in total. The maximum atomic E-state index is 6.16. The second kappa shape index (κ2) is 5.05. The van der Waals surface area contributed by atoms with E-state index in [1.807, 2.05) is 32.2 Å². The minimum absolute atomic E-state index is 0.324. The van der Waals surface area contributed by atoms with Crippen molar-refractivity contribution in [2.75, 3.05) is 14.2 Å². The number of benzene rings is 1. The number of nitrogens with two attached hydrogens (primary N) is 1. The highest BCUT2D eigenvalue weighted by Crippen LogP contribution is 2.38. The Hall–Kier alpha value is -1.81. The monoisotopic (exact) mass is 260 g/mol. The van der Waals surface area contributed by atoms with Crippen LogP contribution in [-0.4, -0.2) is 24.7 Å². The molecule has 1 heterocycles. The van der Waals surface area contributed by atoms with Gasteiger partial charge in [0, 0.05) is 28.9 Å². The predicted molar refractivity (Wildman–Crippen MR) is 76.8 cm³/mol. The first-order chi connectivity index (χ1) is 8.96. The largest absolute Gasteiger partial charge is 0.493 e. The number of nitrogens with zero attached hydrogens (tertiary/aromatic N) is 1. The van der Waals surface area contributed by atoms with Gasteiger partial charge in [0.05, 0.1) is 14.2 Å². The topological polar surface area (TPSA) is 57.4 Å². The van der Waals surface area contributed by atoms with E-state index in [-0.39, 0.29) is 5.54 Å². The van der Waals surface area contributed by atoms with Crippen molar-refractivity contribution < 1.29 is 9.47 Å². The Labute approximate surface area is 113 Å². The Balaban J connectivity index is 2.74. The van der Waals surface area contributed by atoms with Gasteiger partial charge in [-0.2, -0.15) is 0 Å². The molecule has 1 aromatic carbocycles. The van der Waals surface area contributed by atoms with Gasteiger partial charge in [-0.3, -0.25) is 4.98 Å². The van der Waals surface area contributed by atoms with Crippen LogP contribution in [-0.2, 0) is 6.42 Å². The lowest BCUT2D eigenvalue weighted by Crippen LogP contribution is -2.34. The molecule has 102 valence electrons. The molecule has 0 bridgehead atoms. The minimum Gasteiger partial charge on any atom is -0.493 e. The van der Waals surface area contributed by atoms with Gasteiger partial charge in [0.15, 0.2) is 11.5 Å². The molecule has 0 aliphatic rings. The highest BCUT2D eigenvalue weighted by atomic mass is 16.5. The molecule has 4 nitrogen and oxygen atoms in total. The van der Waals surface area contributed by atoms with Crippen LogP contribution in [0, 0.1) is 0 Å². The summed E-state index contributed by atoms with van der Waals surface area (Å²) in [6, 6.07) is 3.92. The molecule has 2 aromatic rings. The minimum atomic E-state index is -0.324. The van der Waals surface area contributed by atoms with E-state index in [1.54, 1.807) is 20.4 Å². The molecule has 19 heavy (non-hydrogen) atoms. The smallest absolute Gasteiger partial charge is 0.164 e. The number of aromatic nitrogens is 1. The van der Waals surface area contributed by atoms with Gasteiger partial charge in [-0.1, -0.05) is 0 Å². The van der Waals surface area contributed by atoms with Crippen molar-refractivity contribution >= 4 is 10.8 Å². The molecule has 0 aliphatic heterocycles. The fourth-order valence-corrected chi connectivity index (χ4v) is 2.28. The molecule has 4 heteroatoms. The van der Waals surface area contributed by atoms with Crippen molar-refractivity contribution in [2.45, 2.75) is 25.8 Å². The number of fused-ring (bicyclic) bond motifs is 1. The second-order valence-corrected chi connectivity index (χ2v) is 5.35. The van der Waals surface area contributed by atoms with Crippen LogP contribution in [0.15, 0.2) is 24.5 Å². The van der Waals surface area contributed by atoms with E-state index in [0.717, 1.165) is 22.1 Å². The molecule has 1 aromatic heterocycles. The number of methoxy groups -OCH3 is 2. The lowest BCUT2D eigenvalue weighted by Gasteiger charge is -2.22. The fraction of sp³-hybridized carbons (Fsp3) is 0.400. The molecule has 0 unspecified atom stereocenters. The summed E-state index contributed by atoms with van der Waals surface area (Å²) >= 11 is 0. The summed E-state index contributed by atoms with van der Waals surface area (Å²) in [4.78, 5) is 4.15. The van der Waals surface area contributed by atoms with E-state index in [0.29, 0.717) is 12.2 Å². The predicted octanol–water partition coefficient (Wildman–Crippen LogP) is 2.53. The summed E-state index contributed by atoms with van der Waals surface area (Å²) in [5, 5.41) is 2.13. The zero-order chi connectivity index (χ0) is 14.0. The van der Waals surface area contributed by atoms with Crippen LogP contribution < -0.4 is 15.2 Å². The summed E-state index contributed by atoms with van der Waals surface area (Å²) in [6.45, 7) is 4.00.